The fourth-order valence-corrected chi connectivity index (χ4v) is 1.39. The molecule has 0 saturated carbocycles. The minimum atomic E-state index is 0.598. The van der Waals surface area contributed by atoms with E-state index in [0.717, 1.165) is 23.3 Å². The molecule has 0 aliphatic heterocycles. The van der Waals surface area contributed by atoms with Crippen LogP contribution >= 0.6 is 12.2 Å². The molecule has 0 fully saturated rings. The van der Waals surface area contributed by atoms with E-state index >= 15 is 0 Å². The van der Waals surface area contributed by atoms with Gasteiger partial charge in [0.1, 0.15) is 4.64 Å². The van der Waals surface area contributed by atoms with Crippen molar-refractivity contribution in [3.8, 4) is 0 Å². The van der Waals surface area contributed by atoms with E-state index in [4.69, 9.17) is 17.0 Å². The van der Waals surface area contributed by atoms with E-state index in [2.05, 4.69) is 12.0 Å². The molecule has 1 aromatic rings. The van der Waals surface area contributed by atoms with Gasteiger partial charge in [0, 0.05) is 13.7 Å². The maximum absolute atomic E-state index is 5.13. The second-order valence-corrected chi connectivity index (χ2v) is 3.12. The van der Waals surface area contributed by atoms with Crippen molar-refractivity contribution < 1.29 is 4.74 Å². The van der Waals surface area contributed by atoms with Gasteiger partial charge in [-0.25, -0.2) is 0 Å². The average Bonchev–Trinajstić information content (AvgIpc) is 2.34. The van der Waals surface area contributed by atoms with Crippen molar-refractivity contribution in [2.24, 2.45) is 0 Å². The van der Waals surface area contributed by atoms with Crippen LogP contribution < -0.4 is 0 Å². The first-order valence-corrected chi connectivity index (χ1v) is 4.46. The monoisotopic (exact) mass is 186 g/mol. The summed E-state index contributed by atoms with van der Waals surface area (Å²) in [7, 11) is 1.67. The second kappa shape index (κ2) is 4.42. The highest BCUT2D eigenvalue weighted by Crippen LogP contribution is 2.01. The Morgan fingerprint density at radius 3 is 3.00 bits per heavy atom. The molecule has 0 atom stereocenters. The standard InChI is InChI=1S/C8H14N2OS/c1-3-4-10-8(12)5-7(9-10)6-11-2/h5,9H,3-4,6H2,1-2H3. The Bertz CT molecular complexity index is 289. The number of aromatic amines is 1. The molecule has 3 nitrogen and oxygen atoms in total. The SMILES string of the molecule is CCCn1[nH]c(COC)cc1=S. The van der Waals surface area contributed by atoms with Gasteiger partial charge < -0.3 is 4.74 Å². The molecule has 1 heterocycles. The number of ether oxygens (including phenoxy) is 1. The Balaban J connectivity index is 2.78. The predicted octanol–water partition coefficient (Wildman–Crippen LogP) is 2.10. The van der Waals surface area contributed by atoms with Crippen molar-refractivity contribution in [3.63, 3.8) is 0 Å². The Kier molecular flexibility index (Phi) is 3.49. The fraction of sp³-hybridized carbons (Fsp3) is 0.625. The number of hydrogen-bond donors (Lipinski definition) is 1. The Hall–Kier alpha value is -0.610. The fourth-order valence-electron chi connectivity index (χ4n) is 1.11. The molecule has 1 N–H and O–H groups in total. The normalized spacial score (nSPS) is 10.5. The van der Waals surface area contributed by atoms with E-state index in [1.807, 2.05) is 10.7 Å². The van der Waals surface area contributed by atoms with Crippen LogP contribution in [-0.2, 0) is 17.9 Å². The number of aromatic nitrogens is 2. The first-order chi connectivity index (χ1) is 5.77. The summed E-state index contributed by atoms with van der Waals surface area (Å²) in [5.74, 6) is 0. The van der Waals surface area contributed by atoms with Crippen molar-refractivity contribution in [1.82, 2.24) is 9.78 Å². The summed E-state index contributed by atoms with van der Waals surface area (Å²) in [5.41, 5.74) is 1.04. The van der Waals surface area contributed by atoms with Crippen molar-refractivity contribution in [1.29, 1.82) is 0 Å². The molecule has 0 aliphatic rings. The molecule has 0 spiro atoms. The summed E-state index contributed by atoms with van der Waals surface area (Å²) >= 11 is 5.13. The lowest BCUT2D eigenvalue weighted by atomic mass is 10.5. The molecule has 0 bridgehead atoms. The number of hydrogen-bond acceptors (Lipinski definition) is 2. The van der Waals surface area contributed by atoms with Crippen molar-refractivity contribution in [3.05, 3.63) is 16.4 Å². The highest BCUT2D eigenvalue weighted by molar-refractivity contribution is 7.71. The van der Waals surface area contributed by atoms with Gasteiger partial charge in [-0.2, -0.15) is 0 Å². The lowest BCUT2D eigenvalue weighted by Gasteiger charge is -1.98. The zero-order chi connectivity index (χ0) is 8.97. The van der Waals surface area contributed by atoms with E-state index in [1.165, 1.54) is 0 Å². The van der Waals surface area contributed by atoms with Crippen LogP contribution in [0.3, 0.4) is 0 Å². The number of H-pyrrole nitrogens is 1. The minimum absolute atomic E-state index is 0.598. The van der Waals surface area contributed by atoms with Crippen LogP contribution in [0.2, 0.25) is 0 Å². The largest absolute Gasteiger partial charge is 0.378 e. The van der Waals surface area contributed by atoms with Crippen LogP contribution in [-0.4, -0.2) is 16.9 Å². The molecular formula is C8H14N2OS. The third-order valence-electron chi connectivity index (χ3n) is 1.59. The van der Waals surface area contributed by atoms with Crippen molar-refractivity contribution in [2.75, 3.05) is 7.11 Å². The van der Waals surface area contributed by atoms with E-state index < -0.39 is 0 Å². The highest BCUT2D eigenvalue weighted by Gasteiger charge is 1.97. The molecule has 68 valence electrons. The lowest BCUT2D eigenvalue weighted by Crippen LogP contribution is -1.99. The number of methoxy groups -OCH3 is 1. The van der Waals surface area contributed by atoms with Crippen molar-refractivity contribution in [2.45, 2.75) is 26.5 Å². The topological polar surface area (TPSA) is 29.9 Å². The van der Waals surface area contributed by atoms with Crippen LogP contribution in [0.4, 0.5) is 0 Å². The van der Waals surface area contributed by atoms with Gasteiger partial charge in [0.2, 0.25) is 0 Å². The number of rotatable bonds is 4. The molecule has 1 rings (SSSR count). The van der Waals surface area contributed by atoms with Gasteiger partial charge in [-0.3, -0.25) is 9.78 Å². The molecule has 1 aromatic heterocycles. The molecule has 0 aromatic carbocycles. The van der Waals surface area contributed by atoms with E-state index in [0.29, 0.717) is 6.61 Å². The Labute approximate surface area is 77.3 Å². The van der Waals surface area contributed by atoms with E-state index in [1.54, 1.807) is 7.11 Å². The van der Waals surface area contributed by atoms with Gasteiger partial charge in [0.15, 0.2) is 0 Å². The highest BCUT2D eigenvalue weighted by atomic mass is 32.1. The predicted molar refractivity (Wildman–Crippen MR) is 50.6 cm³/mol. The van der Waals surface area contributed by atoms with Crippen LogP contribution in [0.15, 0.2) is 6.07 Å². The smallest absolute Gasteiger partial charge is 0.122 e. The maximum Gasteiger partial charge on any atom is 0.122 e. The molecule has 4 heteroatoms. The molecule has 0 amide bonds. The quantitative estimate of drug-likeness (QED) is 0.730. The zero-order valence-corrected chi connectivity index (χ0v) is 8.28. The number of nitrogens with zero attached hydrogens (tertiary/aromatic N) is 1. The summed E-state index contributed by atoms with van der Waals surface area (Å²) in [5, 5.41) is 3.17. The first-order valence-electron chi connectivity index (χ1n) is 4.05. The van der Waals surface area contributed by atoms with Gasteiger partial charge in [-0.05, 0) is 12.5 Å². The zero-order valence-electron chi connectivity index (χ0n) is 7.46. The minimum Gasteiger partial charge on any atom is -0.378 e. The average molecular weight is 186 g/mol. The molecular weight excluding hydrogens is 172 g/mol. The molecule has 0 radical (unpaired) electrons. The van der Waals surface area contributed by atoms with Crippen LogP contribution in [0.25, 0.3) is 0 Å². The Morgan fingerprint density at radius 1 is 1.67 bits per heavy atom. The van der Waals surface area contributed by atoms with E-state index in [-0.39, 0.29) is 0 Å². The third-order valence-corrected chi connectivity index (χ3v) is 1.93. The van der Waals surface area contributed by atoms with Gasteiger partial charge >= 0.3 is 0 Å². The number of aryl methyl sites for hydroxylation is 1. The lowest BCUT2D eigenvalue weighted by molar-refractivity contribution is 0.180. The molecule has 12 heavy (non-hydrogen) atoms. The van der Waals surface area contributed by atoms with Crippen LogP contribution in [0.1, 0.15) is 19.0 Å². The van der Waals surface area contributed by atoms with Crippen LogP contribution in [0, 0.1) is 4.64 Å². The molecule has 0 aliphatic carbocycles. The Morgan fingerprint density at radius 2 is 2.42 bits per heavy atom. The number of nitrogens with one attached hydrogen (secondary N) is 1. The molecule has 0 saturated heterocycles. The molecule has 0 unspecified atom stereocenters. The first kappa shape index (κ1) is 9.48. The maximum atomic E-state index is 5.13. The summed E-state index contributed by atoms with van der Waals surface area (Å²) in [6.45, 7) is 3.67. The van der Waals surface area contributed by atoms with Gasteiger partial charge in [-0.15, -0.1) is 0 Å². The second-order valence-electron chi connectivity index (χ2n) is 2.70. The third kappa shape index (κ3) is 2.19. The summed E-state index contributed by atoms with van der Waals surface area (Å²) in [4.78, 5) is 0. The summed E-state index contributed by atoms with van der Waals surface area (Å²) < 4.78 is 7.80. The van der Waals surface area contributed by atoms with Crippen LogP contribution in [0.5, 0.6) is 0 Å². The summed E-state index contributed by atoms with van der Waals surface area (Å²) in [6.07, 6.45) is 1.08. The summed E-state index contributed by atoms with van der Waals surface area (Å²) in [6, 6.07) is 1.94. The van der Waals surface area contributed by atoms with E-state index in [9.17, 15) is 0 Å². The van der Waals surface area contributed by atoms with Gasteiger partial charge in [0.25, 0.3) is 0 Å². The van der Waals surface area contributed by atoms with Gasteiger partial charge in [-0.1, -0.05) is 19.1 Å². The van der Waals surface area contributed by atoms with Crippen molar-refractivity contribution >= 4 is 12.2 Å². The van der Waals surface area contributed by atoms with Gasteiger partial charge in [0.05, 0.1) is 12.3 Å².